The third-order valence-corrected chi connectivity index (χ3v) is 4.98. The minimum atomic E-state index is 0.0775. The number of hydrogen-bond donors (Lipinski definition) is 1. The predicted octanol–water partition coefficient (Wildman–Crippen LogP) is 2.37. The lowest BCUT2D eigenvalue weighted by molar-refractivity contribution is -0.135. The average Bonchev–Trinajstić information content (AvgIpc) is 2.94. The third kappa shape index (κ3) is 4.31. The zero-order chi connectivity index (χ0) is 18.5. The van der Waals surface area contributed by atoms with Crippen LogP contribution in [-0.2, 0) is 16.1 Å². The molecule has 0 atom stereocenters. The number of benzene rings is 1. The van der Waals surface area contributed by atoms with Gasteiger partial charge in [-0.2, -0.15) is 5.10 Å². The standard InChI is InChI=1S/C20H28N4O2/c1-15-5-6-16(2)18(11-15)20-17(12-21-22-20)13-23-7-4-8-24(10-9-23)19(25)14-26-3/h5-6,11-12H,4,7-10,13-14H2,1-3H3,(H,21,22). The Bertz CT molecular complexity index is 756. The second-order valence-electron chi connectivity index (χ2n) is 7.03. The van der Waals surface area contributed by atoms with Crippen molar-refractivity contribution >= 4 is 5.91 Å². The number of aryl methyl sites for hydroxylation is 2. The van der Waals surface area contributed by atoms with E-state index in [1.54, 1.807) is 7.11 Å². The summed E-state index contributed by atoms with van der Waals surface area (Å²) in [5, 5.41) is 7.47. The fourth-order valence-corrected chi connectivity index (χ4v) is 3.50. The highest BCUT2D eigenvalue weighted by Gasteiger charge is 2.20. The highest BCUT2D eigenvalue weighted by Crippen LogP contribution is 2.27. The first kappa shape index (κ1) is 18.6. The molecule has 0 radical (unpaired) electrons. The Morgan fingerprint density at radius 1 is 1.23 bits per heavy atom. The highest BCUT2D eigenvalue weighted by molar-refractivity contribution is 5.77. The number of rotatable bonds is 5. The number of methoxy groups -OCH3 is 1. The van der Waals surface area contributed by atoms with Crippen LogP contribution in [-0.4, -0.2) is 65.8 Å². The van der Waals surface area contributed by atoms with Crippen molar-refractivity contribution in [2.24, 2.45) is 0 Å². The first-order valence-corrected chi connectivity index (χ1v) is 9.17. The van der Waals surface area contributed by atoms with Crippen molar-refractivity contribution in [2.45, 2.75) is 26.8 Å². The SMILES string of the molecule is COCC(=O)N1CCCN(Cc2cn[nH]c2-c2cc(C)ccc2C)CC1. The van der Waals surface area contributed by atoms with Crippen molar-refractivity contribution in [3.8, 4) is 11.3 Å². The minimum Gasteiger partial charge on any atom is -0.375 e. The fraction of sp³-hybridized carbons (Fsp3) is 0.500. The van der Waals surface area contributed by atoms with Gasteiger partial charge in [-0.3, -0.25) is 14.8 Å². The zero-order valence-electron chi connectivity index (χ0n) is 15.9. The van der Waals surface area contributed by atoms with E-state index in [0.717, 1.165) is 44.8 Å². The summed E-state index contributed by atoms with van der Waals surface area (Å²) in [6.07, 6.45) is 2.90. The molecule has 1 aliphatic heterocycles. The number of hydrogen-bond acceptors (Lipinski definition) is 4. The first-order chi connectivity index (χ1) is 12.6. The van der Waals surface area contributed by atoms with Crippen molar-refractivity contribution < 1.29 is 9.53 Å². The van der Waals surface area contributed by atoms with Gasteiger partial charge in [-0.25, -0.2) is 0 Å². The van der Waals surface area contributed by atoms with Crippen molar-refractivity contribution in [3.63, 3.8) is 0 Å². The molecule has 0 aliphatic carbocycles. The molecular formula is C20H28N4O2. The van der Waals surface area contributed by atoms with Gasteiger partial charge in [0.1, 0.15) is 6.61 Å². The van der Waals surface area contributed by atoms with Gasteiger partial charge in [-0.15, -0.1) is 0 Å². The number of nitrogens with zero attached hydrogens (tertiary/aromatic N) is 3. The Hall–Kier alpha value is -2.18. The van der Waals surface area contributed by atoms with Crippen LogP contribution in [0.15, 0.2) is 24.4 Å². The number of amides is 1. The third-order valence-electron chi connectivity index (χ3n) is 4.98. The molecule has 1 aromatic carbocycles. The lowest BCUT2D eigenvalue weighted by Gasteiger charge is -2.22. The van der Waals surface area contributed by atoms with Gasteiger partial charge in [0.25, 0.3) is 0 Å². The molecule has 0 bridgehead atoms. The Kier molecular flexibility index (Phi) is 6.06. The molecule has 2 heterocycles. The Morgan fingerprint density at radius 2 is 2.08 bits per heavy atom. The summed E-state index contributed by atoms with van der Waals surface area (Å²) in [7, 11) is 1.57. The normalized spacial score (nSPS) is 15.9. The largest absolute Gasteiger partial charge is 0.375 e. The molecule has 140 valence electrons. The van der Waals surface area contributed by atoms with Gasteiger partial charge >= 0.3 is 0 Å². The van der Waals surface area contributed by atoms with E-state index in [2.05, 4.69) is 47.1 Å². The molecule has 1 aliphatic rings. The minimum absolute atomic E-state index is 0.0775. The van der Waals surface area contributed by atoms with Crippen LogP contribution in [0.4, 0.5) is 0 Å². The molecule has 0 unspecified atom stereocenters. The predicted molar refractivity (Wildman–Crippen MR) is 102 cm³/mol. The van der Waals surface area contributed by atoms with Crippen LogP contribution in [0.2, 0.25) is 0 Å². The van der Waals surface area contributed by atoms with Crippen LogP contribution in [0.1, 0.15) is 23.1 Å². The quantitative estimate of drug-likeness (QED) is 0.893. The second kappa shape index (κ2) is 8.47. The maximum atomic E-state index is 12.1. The van der Waals surface area contributed by atoms with Crippen LogP contribution < -0.4 is 0 Å². The van der Waals surface area contributed by atoms with E-state index < -0.39 is 0 Å². The van der Waals surface area contributed by atoms with Gasteiger partial charge in [0.05, 0.1) is 11.9 Å². The summed E-state index contributed by atoms with van der Waals surface area (Å²) in [5.41, 5.74) is 6.00. The maximum absolute atomic E-state index is 12.1. The lowest BCUT2D eigenvalue weighted by atomic mass is 10.0. The number of aromatic nitrogens is 2. The number of carbonyl (C=O) groups excluding carboxylic acids is 1. The highest BCUT2D eigenvalue weighted by atomic mass is 16.5. The molecule has 26 heavy (non-hydrogen) atoms. The summed E-state index contributed by atoms with van der Waals surface area (Å²) in [4.78, 5) is 16.4. The Labute approximate surface area is 155 Å². The maximum Gasteiger partial charge on any atom is 0.248 e. The average molecular weight is 356 g/mol. The van der Waals surface area contributed by atoms with Crippen LogP contribution in [0.5, 0.6) is 0 Å². The van der Waals surface area contributed by atoms with Gasteiger partial charge in [-0.05, 0) is 31.9 Å². The van der Waals surface area contributed by atoms with Crippen LogP contribution in [0.3, 0.4) is 0 Å². The van der Waals surface area contributed by atoms with E-state index >= 15 is 0 Å². The van der Waals surface area contributed by atoms with E-state index in [9.17, 15) is 4.79 Å². The number of carbonyl (C=O) groups is 1. The van der Waals surface area contributed by atoms with Gasteiger partial charge in [0.2, 0.25) is 5.91 Å². The molecule has 1 amide bonds. The van der Waals surface area contributed by atoms with E-state index in [1.165, 1.54) is 22.3 Å². The zero-order valence-corrected chi connectivity index (χ0v) is 15.9. The van der Waals surface area contributed by atoms with Crippen molar-refractivity contribution in [3.05, 3.63) is 41.1 Å². The number of ether oxygens (including phenoxy) is 1. The van der Waals surface area contributed by atoms with E-state index in [4.69, 9.17) is 4.74 Å². The van der Waals surface area contributed by atoms with Crippen LogP contribution in [0.25, 0.3) is 11.3 Å². The number of H-pyrrole nitrogens is 1. The molecule has 1 saturated heterocycles. The smallest absolute Gasteiger partial charge is 0.248 e. The molecule has 1 fully saturated rings. The van der Waals surface area contributed by atoms with Gasteiger partial charge in [0.15, 0.2) is 0 Å². The monoisotopic (exact) mass is 356 g/mol. The van der Waals surface area contributed by atoms with Crippen molar-refractivity contribution in [1.29, 1.82) is 0 Å². The molecular weight excluding hydrogens is 328 g/mol. The van der Waals surface area contributed by atoms with E-state index in [0.29, 0.717) is 0 Å². The topological polar surface area (TPSA) is 61.5 Å². The molecule has 0 spiro atoms. The van der Waals surface area contributed by atoms with Crippen molar-refractivity contribution in [2.75, 3.05) is 39.9 Å². The van der Waals surface area contributed by atoms with Gasteiger partial charge in [0, 0.05) is 51.0 Å². The van der Waals surface area contributed by atoms with Crippen LogP contribution >= 0.6 is 0 Å². The fourth-order valence-electron chi connectivity index (χ4n) is 3.50. The van der Waals surface area contributed by atoms with Gasteiger partial charge < -0.3 is 9.64 Å². The van der Waals surface area contributed by atoms with Crippen molar-refractivity contribution in [1.82, 2.24) is 20.0 Å². The number of nitrogens with one attached hydrogen (secondary N) is 1. The molecule has 1 aromatic heterocycles. The summed E-state index contributed by atoms with van der Waals surface area (Å²) >= 11 is 0. The number of aromatic amines is 1. The molecule has 6 heteroatoms. The first-order valence-electron chi connectivity index (χ1n) is 9.17. The lowest BCUT2D eigenvalue weighted by Crippen LogP contribution is -2.37. The van der Waals surface area contributed by atoms with Crippen LogP contribution in [0, 0.1) is 13.8 Å². The molecule has 0 saturated carbocycles. The molecule has 6 nitrogen and oxygen atoms in total. The van der Waals surface area contributed by atoms with Gasteiger partial charge in [-0.1, -0.05) is 17.7 Å². The molecule has 2 aromatic rings. The molecule has 3 rings (SSSR count). The summed E-state index contributed by atoms with van der Waals surface area (Å²) in [5.74, 6) is 0.0775. The Morgan fingerprint density at radius 3 is 2.88 bits per heavy atom. The summed E-state index contributed by atoms with van der Waals surface area (Å²) < 4.78 is 4.98. The molecule has 1 N–H and O–H groups in total. The summed E-state index contributed by atoms with van der Waals surface area (Å²) in [6.45, 7) is 8.64. The van der Waals surface area contributed by atoms with E-state index in [-0.39, 0.29) is 12.5 Å². The second-order valence-corrected chi connectivity index (χ2v) is 7.03. The summed E-state index contributed by atoms with van der Waals surface area (Å²) in [6, 6.07) is 6.50. The van der Waals surface area contributed by atoms with E-state index in [1.807, 2.05) is 11.1 Å². The Balaban J connectivity index is 1.70.